The molecular weight excluding hydrogens is 208 g/mol. The average molecular weight is 228 g/mol. The van der Waals surface area contributed by atoms with Crippen LogP contribution in [-0.2, 0) is 4.79 Å². The molecule has 0 aromatic heterocycles. The molecule has 2 aliphatic rings. The molecule has 2 atom stereocenters. The predicted molar refractivity (Wildman–Crippen MR) is 64.1 cm³/mol. The Hall–Kier alpha value is -0.220. The molecule has 0 spiro atoms. The van der Waals surface area contributed by atoms with Crippen LogP contribution in [0.2, 0.25) is 0 Å². The van der Waals surface area contributed by atoms with E-state index in [2.05, 4.69) is 17.6 Å². The lowest BCUT2D eigenvalue weighted by atomic mass is 10.0. The molecule has 3 nitrogen and oxygen atoms in total. The van der Waals surface area contributed by atoms with E-state index in [9.17, 15) is 4.79 Å². The number of rotatable bonds is 3. The number of amides is 1. The molecule has 2 saturated heterocycles. The third-order valence-corrected chi connectivity index (χ3v) is 4.91. The Balaban J connectivity index is 1.74. The van der Waals surface area contributed by atoms with Crippen molar-refractivity contribution in [1.82, 2.24) is 10.6 Å². The van der Waals surface area contributed by atoms with Gasteiger partial charge < -0.3 is 10.6 Å². The van der Waals surface area contributed by atoms with E-state index in [1.54, 1.807) is 0 Å². The Morgan fingerprint density at radius 1 is 1.67 bits per heavy atom. The standard InChI is InChI=1S/C11H20N2OS/c1-11(4-2-6-15-11)8-13-10(14)9-3-5-12-7-9/h9,12H,2-8H2,1H3,(H,13,14). The van der Waals surface area contributed by atoms with Crippen molar-refractivity contribution in [2.45, 2.75) is 30.9 Å². The van der Waals surface area contributed by atoms with Gasteiger partial charge >= 0.3 is 0 Å². The minimum absolute atomic E-state index is 0.208. The summed E-state index contributed by atoms with van der Waals surface area (Å²) in [5.41, 5.74) is 0. The molecule has 0 aromatic rings. The van der Waals surface area contributed by atoms with E-state index in [4.69, 9.17) is 0 Å². The minimum atomic E-state index is 0.208. The number of carbonyl (C=O) groups excluding carboxylic acids is 1. The lowest BCUT2D eigenvalue weighted by Gasteiger charge is -2.23. The number of carbonyl (C=O) groups is 1. The van der Waals surface area contributed by atoms with E-state index in [1.165, 1.54) is 18.6 Å². The van der Waals surface area contributed by atoms with Crippen LogP contribution in [0, 0.1) is 5.92 Å². The monoisotopic (exact) mass is 228 g/mol. The lowest BCUT2D eigenvalue weighted by molar-refractivity contribution is -0.124. The summed E-state index contributed by atoms with van der Waals surface area (Å²) in [4.78, 5) is 11.8. The molecule has 2 aliphatic heterocycles. The molecule has 2 rings (SSSR count). The summed E-state index contributed by atoms with van der Waals surface area (Å²) >= 11 is 2.00. The molecule has 2 unspecified atom stereocenters. The van der Waals surface area contributed by atoms with Crippen molar-refractivity contribution in [3.63, 3.8) is 0 Å². The molecular formula is C11H20N2OS. The van der Waals surface area contributed by atoms with E-state index in [0.717, 1.165) is 26.1 Å². The maximum Gasteiger partial charge on any atom is 0.224 e. The molecule has 0 bridgehead atoms. The topological polar surface area (TPSA) is 41.1 Å². The second kappa shape index (κ2) is 4.74. The Bertz CT molecular complexity index is 233. The molecule has 0 radical (unpaired) electrons. The van der Waals surface area contributed by atoms with Crippen molar-refractivity contribution >= 4 is 17.7 Å². The molecule has 86 valence electrons. The van der Waals surface area contributed by atoms with Gasteiger partial charge in [-0.05, 0) is 38.5 Å². The fourth-order valence-corrected chi connectivity index (χ4v) is 3.52. The maximum atomic E-state index is 11.8. The summed E-state index contributed by atoms with van der Waals surface area (Å²) in [6.45, 7) is 4.95. The zero-order chi connectivity index (χ0) is 10.7. The zero-order valence-corrected chi connectivity index (χ0v) is 10.2. The quantitative estimate of drug-likeness (QED) is 0.757. The van der Waals surface area contributed by atoms with Gasteiger partial charge in [-0.15, -0.1) is 0 Å². The van der Waals surface area contributed by atoms with Crippen LogP contribution in [0.3, 0.4) is 0 Å². The van der Waals surface area contributed by atoms with Gasteiger partial charge in [0.05, 0.1) is 5.92 Å². The summed E-state index contributed by atoms with van der Waals surface area (Å²) < 4.78 is 0.293. The number of nitrogens with one attached hydrogen (secondary N) is 2. The highest BCUT2D eigenvalue weighted by Crippen LogP contribution is 2.36. The van der Waals surface area contributed by atoms with Crippen LogP contribution in [-0.4, -0.2) is 36.0 Å². The first-order valence-electron chi connectivity index (χ1n) is 5.82. The van der Waals surface area contributed by atoms with Gasteiger partial charge in [-0.25, -0.2) is 0 Å². The van der Waals surface area contributed by atoms with E-state index < -0.39 is 0 Å². The fraction of sp³-hybridized carbons (Fsp3) is 0.909. The summed E-state index contributed by atoms with van der Waals surface area (Å²) in [6, 6.07) is 0. The van der Waals surface area contributed by atoms with E-state index in [1.807, 2.05) is 11.8 Å². The molecule has 0 aromatic carbocycles. The normalized spacial score (nSPS) is 35.7. The van der Waals surface area contributed by atoms with Crippen LogP contribution in [0.4, 0.5) is 0 Å². The largest absolute Gasteiger partial charge is 0.354 e. The molecule has 15 heavy (non-hydrogen) atoms. The molecule has 2 N–H and O–H groups in total. The molecule has 0 saturated carbocycles. The van der Waals surface area contributed by atoms with E-state index in [-0.39, 0.29) is 11.8 Å². The summed E-state index contributed by atoms with van der Waals surface area (Å²) in [6.07, 6.45) is 3.53. The predicted octanol–water partition coefficient (Wildman–Crippen LogP) is 0.998. The van der Waals surface area contributed by atoms with Crippen LogP contribution in [0.15, 0.2) is 0 Å². The third-order valence-electron chi connectivity index (χ3n) is 3.37. The van der Waals surface area contributed by atoms with Crippen LogP contribution < -0.4 is 10.6 Å². The van der Waals surface area contributed by atoms with Gasteiger partial charge in [0, 0.05) is 17.8 Å². The Morgan fingerprint density at radius 2 is 2.53 bits per heavy atom. The first-order chi connectivity index (χ1) is 7.20. The highest BCUT2D eigenvalue weighted by molar-refractivity contribution is 8.00. The van der Waals surface area contributed by atoms with Crippen LogP contribution in [0.25, 0.3) is 0 Å². The van der Waals surface area contributed by atoms with Gasteiger partial charge in [-0.1, -0.05) is 0 Å². The number of thioether (sulfide) groups is 1. The number of hydrogen-bond donors (Lipinski definition) is 2. The van der Waals surface area contributed by atoms with Crippen LogP contribution in [0.1, 0.15) is 26.2 Å². The number of hydrogen-bond acceptors (Lipinski definition) is 3. The van der Waals surface area contributed by atoms with Gasteiger partial charge in [0.25, 0.3) is 0 Å². The first kappa shape index (κ1) is 11.3. The minimum Gasteiger partial charge on any atom is -0.354 e. The summed E-state index contributed by atoms with van der Waals surface area (Å²) in [5.74, 6) is 1.70. The van der Waals surface area contributed by atoms with Gasteiger partial charge in [0.15, 0.2) is 0 Å². The van der Waals surface area contributed by atoms with Crippen LogP contribution in [0.5, 0.6) is 0 Å². The van der Waals surface area contributed by atoms with Crippen molar-refractivity contribution in [2.75, 3.05) is 25.4 Å². The third kappa shape index (κ3) is 2.88. The fourth-order valence-electron chi connectivity index (χ4n) is 2.27. The van der Waals surface area contributed by atoms with Gasteiger partial charge in [0.1, 0.15) is 0 Å². The summed E-state index contributed by atoms with van der Waals surface area (Å²) in [5, 5.41) is 6.33. The Labute approximate surface area is 95.8 Å². The average Bonchev–Trinajstić information content (AvgIpc) is 2.85. The van der Waals surface area contributed by atoms with Gasteiger partial charge in [-0.3, -0.25) is 4.79 Å². The SMILES string of the molecule is CC1(CNC(=O)C2CCNC2)CCCS1. The maximum absolute atomic E-state index is 11.8. The van der Waals surface area contributed by atoms with Crippen molar-refractivity contribution in [3.8, 4) is 0 Å². The van der Waals surface area contributed by atoms with Gasteiger partial charge in [-0.2, -0.15) is 11.8 Å². The lowest BCUT2D eigenvalue weighted by Crippen LogP contribution is -2.40. The second-order valence-corrected chi connectivity index (χ2v) is 6.49. The second-order valence-electron chi connectivity index (χ2n) is 4.81. The van der Waals surface area contributed by atoms with Gasteiger partial charge in [0.2, 0.25) is 5.91 Å². The smallest absolute Gasteiger partial charge is 0.224 e. The molecule has 0 aliphatic carbocycles. The first-order valence-corrected chi connectivity index (χ1v) is 6.81. The summed E-state index contributed by atoms with van der Waals surface area (Å²) in [7, 11) is 0. The van der Waals surface area contributed by atoms with Crippen molar-refractivity contribution in [1.29, 1.82) is 0 Å². The van der Waals surface area contributed by atoms with Crippen molar-refractivity contribution in [3.05, 3.63) is 0 Å². The molecule has 2 fully saturated rings. The highest BCUT2D eigenvalue weighted by Gasteiger charge is 2.31. The van der Waals surface area contributed by atoms with Crippen molar-refractivity contribution in [2.24, 2.45) is 5.92 Å². The Kier molecular flexibility index (Phi) is 3.57. The molecule has 2 heterocycles. The molecule has 4 heteroatoms. The highest BCUT2D eigenvalue weighted by atomic mass is 32.2. The zero-order valence-electron chi connectivity index (χ0n) is 9.34. The Morgan fingerprint density at radius 3 is 3.13 bits per heavy atom. The van der Waals surface area contributed by atoms with E-state index >= 15 is 0 Å². The molecule has 1 amide bonds. The van der Waals surface area contributed by atoms with Crippen molar-refractivity contribution < 1.29 is 4.79 Å². The van der Waals surface area contributed by atoms with Crippen LogP contribution >= 0.6 is 11.8 Å². The van der Waals surface area contributed by atoms with E-state index in [0.29, 0.717) is 4.75 Å².